The van der Waals surface area contributed by atoms with E-state index < -0.39 is 0 Å². The molecule has 1 atom stereocenters. The number of carbonyl (C=O) groups is 1. The lowest BCUT2D eigenvalue weighted by molar-refractivity contribution is -0.116. The van der Waals surface area contributed by atoms with E-state index in [1.54, 1.807) is 10.9 Å². The number of nitrogens with one attached hydrogen (secondary N) is 1. The van der Waals surface area contributed by atoms with E-state index in [-0.39, 0.29) is 17.9 Å². The van der Waals surface area contributed by atoms with E-state index in [2.05, 4.69) is 25.6 Å². The molecule has 166 valence electrons. The molecule has 3 heterocycles. The Morgan fingerprint density at radius 2 is 1.85 bits per heavy atom. The van der Waals surface area contributed by atoms with Crippen LogP contribution in [0.3, 0.4) is 0 Å². The van der Waals surface area contributed by atoms with Crippen molar-refractivity contribution < 1.29 is 9.53 Å². The molecule has 4 aromatic rings. The highest BCUT2D eigenvalue weighted by atomic mass is 16.5. The molecule has 0 unspecified atom stereocenters. The van der Waals surface area contributed by atoms with Gasteiger partial charge in [-0.05, 0) is 38.5 Å². The van der Waals surface area contributed by atoms with Gasteiger partial charge >= 0.3 is 0 Å². The van der Waals surface area contributed by atoms with Crippen LogP contribution >= 0.6 is 0 Å². The number of fused-ring (bicyclic) bond motifs is 1. The number of aryl methyl sites for hydroxylation is 1. The van der Waals surface area contributed by atoms with E-state index in [1.165, 1.54) is 0 Å². The fourth-order valence-electron chi connectivity index (χ4n) is 4.16. The van der Waals surface area contributed by atoms with E-state index in [1.807, 2.05) is 75.4 Å². The maximum absolute atomic E-state index is 12.7. The molecular formula is C25H24N6O2. The van der Waals surface area contributed by atoms with Crippen molar-refractivity contribution in [3.05, 3.63) is 77.6 Å². The van der Waals surface area contributed by atoms with E-state index in [0.29, 0.717) is 23.9 Å². The van der Waals surface area contributed by atoms with Crippen LogP contribution in [-0.2, 0) is 4.79 Å². The standard InChI is InChI=1S/C25H24N6O2/c1-15(2)33-19-11-9-17(10-12-19)20-13-22(32)28-24-23(20)16(3)30-31(24)25-27-21(14-26-29-25)18-7-5-4-6-8-18/h4-12,14-15,20H,13H2,1-3H3,(H,28,32)/t20-/m1/s1. The highest BCUT2D eigenvalue weighted by Crippen LogP contribution is 2.40. The molecule has 33 heavy (non-hydrogen) atoms. The zero-order valence-electron chi connectivity index (χ0n) is 18.7. The fraction of sp³-hybridized carbons (Fsp3) is 0.240. The first-order chi connectivity index (χ1) is 16.0. The van der Waals surface area contributed by atoms with E-state index in [0.717, 1.165) is 28.1 Å². The second-order valence-electron chi connectivity index (χ2n) is 8.31. The van der Waals surface area contributed by atoms with Crippen molar-refractivity contribution in [2.45, 2.75) is 39.2 Å². The van der Waals surface area contributed by atoms with Crippen molar-refractivity contribution >= 4 is 11.7 Å². The molecule has 2 aromatic carbocycles. The lowest BCUT2D eigenvalue weighted by Crippen LogP contribution is -2.25. The summed E-state index contributed by atoms with van der Waals surface area (Å²) in [5.41, 5.74) is 4.41. The van der Waals surface area contributed by atoms with Gasteiger partial charge < -0.3 is 10.1 Å². The van der Waals surface area contributed by atoms with Gasteiger partial charge in [0.05, 0.1) is 23.7 Å². The highest BCUT2D eigenvalue weighted by molar-refractivity contribution is 5.95. The van der Waals surface area contributed by atoms with Crippen LogP contribution in [0.25, 0.3) is 17.2 Å². The van der Waals surface area contributed by atoms with Gasteiger partial charge in [0.2, 0.25) is 5.91 Å². The van der Waals surface area contributed by atoms with Gasteiger partial charge in [-0.2, -0.15) is 14.9 Å². The predicted molar refractivity (Wildman–Crippen MR) is 124 cm³/mol. The van der Waals surface area contributed by atoms with Crippen LogP contribution in [0, 0.1) is 6.92 Å². The average molecular weight is 441 g/mol. The second-order valence-corrected chi connectivity index (χ2v) is 8.31. The maximum atomic E-state index is 12.7. The molecule has 0 saturated carbocycles. The van der Waals surface area contributed by atoms with Crippen molar-refractivity contribution in [1.29, 1.82) is 0 Å². The first kappa shape index (κ1) is 20.8. The first-order valence-electron chi connectivity index (χ1n) is 10.9. The second kappa shape index (κ2) is 8.46. The number of nitrogens with zero attached hydrogens (tertiary/aromatic N) is 5. The molecule has 8 nitrogen and oxygen atoms in total. The smallest absolute Gasteiger partial charge is 0.272 e. The number of benzene rings is 2. The lowest BCUT2D eigenvalue weighted by Gasteiger charge is -2.24. The van der Waals surface area contributed by atoms with Crippen molar-refractivity contribution in [2.24, 2.45) is 0 Å². The van der Waals surface area contributed by atoms with Gasteiger partial charge in [-0.3, -0.25) is 4.79 Å². The van der Waals surface area contributed by atoms with Crippen molar-refractivity contribution in [3.63, 3.8) is 0 Å². The summed E-state index contributed by atoms with van der Waals surface area (Å²) in [6.07, 6.45) is 2.06. The van der Waals surface area contributed by atoms with Gasteiger partial charge in [0.1, 0.15) is 11.6 Å². The van der Waals surface area contributed by atoms with Gasteiger partial charge in [-0.1, -0.05) is 42.5 Å². The fourth-order valence-corrected chi connectivity index (χ4v) is 4.16. The first-order valence-corrected chi connectivity index (χ1v) is 10.9. The number of carbonyl (C=O) groups excluding carboxylic acids is 1. The van der Waals surface area contributed by atoms with Crippen LogP contribution in [0.1, 0.15) is 43.0 Å². The SMILES string of the molecule is Cc1nn(-c2nncc(-c3ccccc3)n2)c2c1[C@@H](c1ccc(OC(C)C)cc1)CC(=O)N2. The minimum atomic E-state index is -0.124. The van der Waals surface area contributed by atoms with Gasteiger partial charge in [0.25, 0.3) is 5.95 Å². The summed E-state index contributed by atoms with van der Waals surface area (Å²) in [6, 6.07) is 17.7. The molecule has 5 rings (SSSR count). The summed E-state index contributed by atoms with van der Waals surface area (Å²) in [4.78, 5) is 17.3. The van der Waals surface area contributed by atoms with Gasteiger partial charge in [-0.25, -0.2) is 4.98 Å². The largest absolute Gasteiger partial charge is 0.491 e. The summed E-state index contributed by atoms with van der Waals surface area (Å²) >= 11 is 0. The van der Waals surface area contributed by atoms with Gasteiger partial charge in [-0.15, -0.1) is 5.10 Å². The predicted octanol–water partition coefficient (Wildman–Crippen LogP) is 4.29. The molecule has 0 fully saturated rings. The molecule has 8 heteroatoms. The summed E-state index contributed by atoms with van der Waals surface area (Å²) in [5.74, 6) is 1.49. The highest BCUT2D eigenvalue weighted by Gasteiger charge is 2.33. The molecule has 0 bridgehead atoms. The van der Waals surface area contributed by atoms with Crippen LogP contribution in [0.15, 0.2) is 60.8 Å². The third-order valence-electron chi connectivity index (χ3n) is 5.56. The Hall–Kier alpha value is -4.07. The van der Waals surface area contributed by atoms with Crippen LogP contribution in [-0.4, -0.2) is 37.0 Å². The molecule has 2 aromatic heterocycles. The Balaban J connectivity index is 1.55. The lowest BCUT2D eigenvalue weighted by atomic mass is 9.86. The van der Waals surface area contributed by atoms with E-state index in [9.17, 15) is 4.79 Å². The number of hydrogen-bond donors (Lipinski definition) is 1. The average Bonchev–Trinajstić information content (AvgIpc) is 3.15. The number of amides is 1. The van der Waals surface area contributed by atoms with Crippen LogP contribution in [0.4, 0.5) is 5.82 Å². The summed E-state index contributed by atoms with van der Waals surface area (Å²) < 4.78 is 7.34. The molecule has 0 radical (unpaired) electrons. The number of hydrogen-bond acceptors (Lipinski definition) is 6. The number of rotatable bonds is 5. The van der Waals surface area contributed by atoms with Crippen LogP contribution in [0.2, 0.25) is 0 Å². The monoisotopic (exact) mass is 440 g/mol. The Morgan fingerprint density at radius 3 is 2.58 bits per heavy atom. The van der Waals surface area contributed by atoms with Crippen LogP contribution in [0.5, 0.6) is 5.75 Å². The Kier molecular flexibility index (Phi) is 5.34. The quantitative estimate of drug-likeness (QED) is 0.497. The molecule has 1 aliphatic rings. The number of ether oxygens (including phenoxy) is 1. The van der Waals surface area contributed by atoms with E-state index in [4.69, 9.17) is 4.74 Å². The third kappa shape index (κ3) is 4.07. The zero-order chi connectivity index (χ0) is 22.9. The number of aromatic nitrogens is 5. The Labute approximate surface area is 191 Å². The van der Waals surface area contributed by atoms with Crippen molar-refractivity contribution in [1.82, 2.24) is 25.0 Å². The molecule has 0 saturated heterocycles. The van der Waals surface area contributed by atoms with Crippen molar-refractivity contribution in [2.75, 3.05) is 5.32 Å². The molecule has 0 spiro atoms. The minimum absolute atomic E-state index is 0.0802. The molecule has 0 aliphatic carbocycles. The maximum Gasteiger partial charge on any atom is 0.272 e. The van der Waals surface area contributed by atoms with Gasteiger partial charge in [0.15, 0.2) is 0 Å². The van der Waals surface area contributed by atoms with E-state index >= 15 is 0 Å². The third-order valence-corrected chi connectivity index (χ3v) is 5.56. The molecular weight excluding hydrogens is 416 g/mol. The van der Waals surface area contributed by atoms with Crippen LogP contribution < -0.4 is 10.1 Å². The molecule has 1 amide bonds. The topological polar surface area (TPSA) is 94.8 Å². The Bertz CT molecular complexity index is 1300. The zero-order valence-corrected chi connectivity index (χ0v) is 18.7. The summed E-state index contributed by atoms with van der Waals surface area (Å²) in [7, 11) is 0. The minimum Gasteiger partial charge on any atom is -0.491 e. The van der Waals surface area contributed by atoms with Crippen molar-refractivity contribution in [3.8, 4) is 23.0 Å². The van der Waals surface area contributed by atoms with Gasteiger partial charge in [0, 0.05) is 23.5 Å². The normalized spacial score (nSPS) is 15.3. The summed E-state index contributed by atoms with van der Waals surface area (Å²) in [6.45, 7) is 5.92. The Morgan fingerprint density at radius 1 is 1.09 bits per heavy atom. The molecule has 1 aliphatic heterocycles. The molecule has 1 N–H and O–H groups in total. The number of anilines is 1. The summed E-state index contributed by atoms with van der Waals surface area (Å²) in [5, 5.41) is 16.0.